The van der Waals surface area contributed by atoms with Gasteiger partial charge in [-0.15, -0.1) is 0 Å². The Morgan fingerprint density at radius 1 is 1.14 bits per heavy atom. The third kappa shape index (κ3) is 3.58. The van der Waals surface area contributed by atoms with E-state index in [2.05, 4.69) is 4.98 Å². The van der Waals surface area contributed by atoms with E-state index in [-0.39, 0.29) is 21.9 Å². The topological polar surface area (TPSA) is 95.4 Å². The highest BCUT2D eigenvalue weighted by atomic mass is 35.5. The Morgan fingerprint density at radius 3 is 2.59 bits per heavy atom. The molecule has 0 unspecified atom stereocenters. The predicted molar refractivity (Wildman–Crippen MR) is 110 cm³/mol. The van der Waals surface area contributed by atoms with Crippen molar-refractivity contribution in [2.75, 3.05) is 0 Å². The first-order chi connectivity index (χ1) is 13.9. The van der Waals surface area contributed by atoms with Gasteiger partial charge in [-0.05, 0) is 30.7 Å². The lowest BCUT2D eigenvalue weighted by Crippen LogP contribution is -2.11. The predicted octanol–water partition coefficient (Wildman–Crippen LogP) is 4.71. The average Bonchev–Trinajstić information content (AvgIpc) is 2.70. The van der Waals surface area contributed by atoms with Gasteiger partial charge in [0.15, 0.2) is 0 Å². The Bertz CT molecular complexity index is 1300. The molecule has 6 nitrogen and oxygen atoms in total. The number of carbonyl (C=O) groups excluding carboxylic acids is 1. The lowest BCUT2D eigenvalue weighted by atomic mass is 10.0. The van der Waals surface area contributed by atoms with Crippen molar-refractivity contribution in [1.82, 2.24) is 4.98 Å². The van der Waals surface area contributed by atoms with Crippen molar-refractivity contribution in [1.29, 1.82) is 0 Å². The van der Waals surface area contributed by atoms with Crippen LogP contribution in [0, 0.1) is 6.92 Å². The van der Waals surface area contributed by atoms with Gasteiger partial charge in [-0.1, -0.05) is 41.9 Å². The van der Waals surface area contributed by atoms with Crippen LogP contribution in [0.2, 0.25) is 5.02 Å². The van der Waals surface area contributed by atoms with E-state index in [9.17, 15) is 9.59 Å². The molecule has 0 bridgehead atoms. The second-order valence-corrected chi connectivity index (χ2v) is 6.77. The van der Waals surface area contributed by atoms with Crippen LogP contribution < -0.4 is 15.9 Å². The van der Waals surface area contributed by atoms with Crippen LogP contribution in [-0.4, -0.2) is 10.9 Å². The minimum absolute atomic E-state index is 0.107. The molecule has 29 heavy (non-hydrogen) atoms. The molecule has 2 aromatic heterocycles. The molecule has 2 aromatic carbocycles. The Hall–Kier alpha value is -3.64. The summed E-state index contributed by atoms with van der Waals surface area (Å²) in [6.45, 7) is 1.75. The number of carbonyl (C=O) groups is 1. The third-order valence-electron chi connectivity index (χ3n) is 4.41. The summed E-state index contributed by atoms with van der Waals surface area (Å²) in [7, 11) is 0. The Balaban J connectivity index is 1.74. The van der Waals surface area contributed by atoms with Crippen LogP contribution in [0.15, 0.2) is 70.0 Å². The summed E-state index contributed by atoms with van der Waals surface area (Å²) >= 11 is 6.11. The van der Waals surface area contributed by atoms with Crippen molar-refractivity contribution < 1.29 is 13.9 Å². The Morgan fingerprint density at radius 2 is 1.90 bits per heavy atom. The number of amides is 1. The number of benzene rings is 2. The molecule has 4 aromatic rings. The molecule has 0 aliphatic rings. The van der Waals surface area contributed by atoms with Gasteiger partial charge in [0.05, 0.1) is 16.5 Å². The fourth-order valence-corrected chi connectivity index (χ4v) is 3.24. The molecule has 7 heteroatoms. The number of aryl methyl sites for hydroxylation is 1. The first-order valence-electron chi connectivity index (χ1n) is 8.70. The maximum atomic E-state index is 13.0. The molecule has 0 radical (unpaired) electrons. The first kappa shape index (κ1) is 18.7. The number of nitrogens with two attached hydrogens (primary N) is 1. The zero-order valence-electron chi connectivity index (χ0n) is 15.3. The average molecular weight is 407 g/mol. The number of pyridine rings is 1. The molecule has 2 N–H and O–H groups in total. The maximum Gasteiger partial charge on any atom is 0.250 e. The SMILES string of the molecule is Cc1oc2cc(Oc3ncc(C(N)=O)cc3Cl)ccc2c(=O)c1-c1ccccc1. The van der Waals surface area contributed by atoms with Gasteiger partial charge >= 0.3 is 0 Å². The number of ether oxygens (including phenoxy) is 1. The Labute approximate surface area is 170 Å². The van der Waals surface area contributed by atoms with E-state index in [0.717, 1.165) is 5.56 Å². The van der Waals surface area contributed by atoms with E-state index < -0.39 is 5.91 Å². The van der Waals surface area contributed by atoms with Crippen molar-refractivity contribution in [3.8, 4) is 22.8 Å². The third-order valence-corrected chi connectivity index (χ3v) is 4.68. The van der Waals surface area contributed by atoms with E-state index in [0.29, 0.717) is 28.0 Å². The van der Waals surface area contributed by atoms with Crippen LogP contribution in [0.25, 0.3) is 22.1 Å². The van der Waals surface area contributed by atoms with Crippen molar-refractivity contribution in [2.45, 2.75) is 6.92 Å². The highest BCUT2D eigenvalue weighted by Gasteiger charge is 2.15. The summed E-state index contributed by atoms with van der Waals surface area (Å²) in [5.74, 6) is 0.362. The van der Waals surface area contributed by atoms with E-state index >= 15 is 0 Å². The number of fused-ring (bicyclic) bond motifs is 1. The molecule has 0 saturated carbocycles. The number of aromatic nitrogens is 1. The maximum absolute atomic E-state index is 13.0. The van der Waals surface area contributed by atoms with Crippen molar-refractivity contribution in [3.63, 3.8) is 0 Å². The molecule has 0 aliphatic carbocycles. The van der Waals surface area contributed by atoms with Crippen LogP contribution in [0.3, 0.4) is 0 Å². The number of halogens is 1. The smallest absolute Gasteiger partial charge is 0.250 e. The molecule has 0 saturated heterocycles. The van der Waals surface area contributed by atoms with Crippen LogP contribution in [0.4, 0.5) is 0 Å². The molecule has 0 fully saturated rings. The van der Waals surface area contributed by atoms with Crippen LogP contribution in [0.1, 0.15) is 16.1 Å². The highest BCUT2D eigenvalue weighted by Crippen LogP contribution is 2.31. The number of hydrogen-bond acceptors (Lipinski definition) is 5. The molecule has 144 valence electrons. The summed E-state index contributed by atoms with van der Waals surface area (Å²) in [6.07, 6.45) is 1.28. The van der Waals surface area contributed by atoms with E-state index in [4.69, 9.17) is 26.5 Å². The number of rotatable bonds is 4. The Kier molecular flexibility index (Phi) is 4.78. The zero-order valence-corrected chi connectivity index (χ0v) is 16.1. The van der Waals surface area contributed by atoms with Crippen LogP contribution in [-0.2, 0) is 0 Å². The fourth-order valence-electron chi connectivity index (χ4n) is 3.03. The fraction of sp³-hybridized carbons (Fsp3) is 0.0455. The molecular formula is C22H15ClN2O4. The summed E-state index contributed by atoms with van der Waals surface area (Å²) in [5, 5.41) is 0.573. The van der Waals surface area contributed by atoms with Gasteiger partial charge in [0.25, 0.3) is 0 Å². The van der Waals surface area contributed by atoms with E-state index in [1.807, 2.05) is 30.3 Å². The van der Waals surface area contributed by atoms with Crippen molar-refractivity contribution in [3.05, 3.63) is 87.4 Å². The monoisotopic (exact) mass is 406 g/mol. The van der Waals surface area contributed by atoms with Crippen molar-refractivity contribution in [2.24, 2.45) is 5.73 Å². The molecule has 0 spiro atoms. The van der Waals surface area contributed by atoms with Gasteiger partial charge < -0.3 is 14.9 Å². The molecule has 2 heterocycles. The minimum Gasteiger partial charge on any atom is -0.460 e. The van der Waals surface area contributed by atoms with Crippen LogP contribution in [0.5, 0.6) is 11.6 Å². The molecule has 0 atom stereocenters. The van der Waals surface area contributed by atoms with Crippen molar-refractivity contribution >= 4 is 28.5 Å². The lowest BCUT2D eigenvalue weighted by Gasteiger charge is -2.10. The number of primary amides is 1. The second-order valence-electron chi connectivity index (χ2n) is 6.36. The normalized spacial score (nSPS) is 10.8. The standard InChI is InChI=1S/C22H15ClN2O4/c1-12-19(13-5-3-2-4-6-13)20(26)16-8-7-15(10-18(16)28-12)29-22-17(23)9-14(11-25-22)21(24)27/h2-11H,1H3,(H2,24,27). The van der Waals surface area contributed by atoms with Gasteiger partial charge in [0, 0.05) is 12.3 Å². The number of nitrogens with zero attached hydrogens (tertiary/aromatic N) is 1. The van der Waals surface area contributed by atoms with Gasteiger partial charge in [0.1, 0.15) is 22.1 Å². The first-order valence-corrected chi connectivity index (χ1v) is 9.08. The zero-order chi connectivity index (χ0) is 20.5. The molecule has 0 aliphatic heterocycles. The van der Waals surface area contributed by atoms with Crippen LogP contribution >= 0.6 is 11.6 Å². The summed E-state index contributed by atoms with van der Waals surface area (Å²) in [5.41, 5.74) is 6.97. The van der Waals surface area contributed by atoms with E-state index in [1.54, 1.807) is 25.1 Å². The number of hydrogen-bond donors (Lipinski definition) is 1. The molecular weight excluding hydrogens is 392 g/mol. The largest absolute Gasteiger partial charge is 0.460 e. The molecule has 4 rings (SSSR count). The quantitative estimate of drug-likeness (QED) is 0.529. The van der Waals surface area contributed by atoms with Gasteiger partial charge in [0.2, 0.25) is 17.2 Å². The molecule has 1 amide bonds. The highest BCUT2D eigenvalue weighted by molar-refractivity contribution is 6.32. The van der Waals surface area contributed by atoms with Gasteiger partial charge in [-0.3, -0.25) is 9.59 Å². The summed E-state index contributed by atoms with van der Waals surface area (Å²) in [4.78, 5) is 28.2. The minimum atomic E-state index is -0.636. The second kappa shape index (κ2) is 7.41. The van der Waals surface area contributed by atoms with Gasteiger partial charge in [-0.2, -0.15) is 0 Å². The lowest BCUT2D eigenvalue weighted by molar-refractivity contribution is 0.1000. The van der Waals surface area contributed by atoms with Gasteiger partial charge in [-0.25, -0.2) is 4.98 Å². The van der Waals surface area contributed by atoms with E-state index in [1.165, 1.54) is 12.3 Å². The summed E-state index contributed by atoms with van der Waals surface area (Å²) < 4.78 is 11.6. The summed E-state index contributed by atoms with van der Waals surface area (Å²) in [6, 6.07) is 15.6.